The van der Waals surface area contributed by atoms with E-state index in [2.05, 4.69) is 19.1 Å². The molecule has 36 heavy (non-hydrogen) atoms. The summed E-state index contributed by atoms with van der Waals surface area (Å²) in [6, 6.07) is 17.2. The molecule has 0 bridgehead atoms. The van der Waals surface area contributed by atoms with Crippen LogP contribution in [0.1, 0.15) is 50.2 Å². The molecule has 0 atom stereocenters. The highest BCUT2D eigenvalue weighted by atomic mass is 19.4. The second-order valence-corrected chi connectivity index (χ2v) is 9.07. The molecule has 4 rings (SSSR count). The van der Waals surface area contributed by atoms with Crippen LogP contribution in [-0.4, -0.2) is 0 Å². The van der Waals surface area contributed by atoms with Gasteiger partial charge >= 0.3 is 6.18 Å². The van der Waals surface area contributed by atoms with Crippen LogP contribution >= 0.6 is 0 Å². The van der Waals surface area contributed by atoms with Gasteiger partial charge in [0.25, 0.3) is 0 Å². The van der Waals surface area contributed by atoms with Crippen molar-refractivity contribution >= 4 is 10.8 Å². The average Bonchev–Trinajstić information content (AvgIpc) is 2.82. The maximum absolute atomic E-state index is 14.9. The Morgan fingerprint density at radius 3 is 1.83 bits per heavy atom. The van der Waals surface area contributed by atoms with Gasteiger partial charge in [0.05, 0.1) is 0 Å². The molecule has 0 aliphatic rings. The minimum Gasteiger partial charge on any atom is -0.206 e. The molecule has 0 unspecified atom stereocenters. The average molecular weight is 501 g/mol. The summed E-state index contributed by atoms with van der Waals surface area (Å²) in [5.41, 5.74) is 0.103. The normalized spacial score (nSPS) is 11.9. The van der Waals surface area contributed by atoms with Crippen molar-refractivity contribution in [3.05, 3.63) is 95.3 Å². The van der Waals surface area contributed by atoms with Gasteiger partial charge in [-0.25, -0.2) is 13.2 Å². The van der Waals surface area contributed by atoms with E-state index in [-0.39, 0.29) is 11.1 Å². The van der Waals surface area contributed by atoms with E-state index in [1.807, 2.05) is 24.3 Å². The van der Waals surface area contributed by atoms with Crippen LogP contribution in [0.2, 0.25) is 0 Å². The van der Waals surface area contributed by atoms with E-state index < -0.39 is 29.2 Å². The fraction of sp³-hybridized carbons (Fsp3) is 0.267. The van der Waals surface area contributed by atoms with Crippen molar-refractivity contribution in [3.8, 4) is 22.3 Å². The third-order valence-electron chi connectivity index (χ3n) is 6.41. The summed E-state index contributed by atoms with van der Waals surface area (Å²) in [5, 5.41) is 2.08. The fourth-order valence-electron chi connectivity index (χ4n) is 4.49. The first-order valence-corrected chi connectivity index (χ1v) is 12.1. The minimum atomic E-state index is -5.18. The molecule has 0 spiro atoms. The number of benzene rings is 4. The van der Waals surface area contributed by atoms with E-state index in [4.69, 9.17) is 0 Å². The van der Waals surface area contributed by atoms with Crippen molar-refractivity contribution in [2.24, 2.45) is 0 Å². The minimum absolute atomic E-state index is 0.186. The zero-order valence-corrected chi connectivity index (χ0v) is 19.9. The molecule has 4 aromatic rings. The summed E-state index contributed by atoms with van der Waals surface area (Å²) in [5.74, 6) is -4.35. The van der Waals surface area contributed by atoms with Crippen LogP contribution in [0.5, 0.6) is 0 Å². The van der Waals surface area contributed by atoms with Gasteiger partial charge in [-0.2, -0.15) is 13.2 Å². The zero-order valence-electron chi connectivity index (χ0n) is 19.9. The molecule has 188 valence electrons. The van der Waals surface area contributed by atoms with Crippen molar-refractivity contribution in [2.75, 3.05) is 0 Å². The highest BCUT2D eigenvalue weighted by molar-refractivity contribution is 5.88. The Morgan fingerprint density at radius 2 is 1.17 bits per heavy atom. The monoisotopic (exact) mass is 500 g/mol. The van der Waals surface area contributed by atoms with E-state index >= 15 is 0 Å². The van der Waals surface area contributed by atoms with Crippen LogP contribution in [-0.2, 0) is 12.6 Å². The molecule has 6 heteroatoms. The lowest BCUT2D eigenvalue weighted by Crippen LogP contribution is -2.11. The topological polar surface area (TPSA) is 0 Å². The number of unbranched alkanes of at least 4 members (excludes halogenated alkanes) is 4. The highest BCUT2D eigenvalue weighted by Crippen LogP contribution is 2.37. The fourth-order valence-corrected chi connectivity index (χ4v) is 4.49. The first kappa shape index (κ1) is 25.8. The Labute approximate surface area is 206 Å². The lowest BCUT2D eigenvalue weighted by atomic mass is 9.96. The van der Waals surface area contributed by atoms with Gasteiger partial charge in [-0.3, -0.25) is 0 Å². The van der Waals surface area contributed by atoms with Crippen LogP contribution in [0.3, 0.4) is 0 Å². The number of aryl methyl sites for hydroxylation is 1. The van der Waals surface area contributed by atoms with Gasteiger partial charge in [0.15, 0.2) is 0 Å². The lowest BCUT2D eigenvalue weighted by Gasteiger charge is -2.12. The van der Waals surface area contributed by atoms with Gasteiger partial charge in [0.2, 0.25) is 0 Å². The van der Waals surface area contributed by atoms with Crippen LogP contribution < -0.4 is 0 Å². The molecule has 0 fully saturated rings. The number of fused-ring (bicyclic) bond motifs is 1. The maximum atomic E-state index is 14.9. The molecule has 0 N–H and O–H groups in total. The Hall–Kier alpha value is -3.28. The number of hydrogen-bond acceptors (Lipinski definition) is 0. The van der Waals surface area contributed by atoms with Crippen LogP contribution in [0.25, 0.3) is 33.0 Å². The quantitative estimate of drug-likeness (QED) is 0.167. The molecule has 0 radical (unpaired) electrons. The Morgan fingerprint density at radius 1 is 0.583 bits per heavy atom. The van der Waals surface area contributed by atoms with Gasteiger partial charge in [0, 0.05) is 5.56 Å². The van der Waals surface area contributed by atoms with Gasteiger partial charge in [-0.15, -0.1) is 0 Å². The zero-order chi connectivity index (χ0) is 25.9. The van der Waals surface area contributed by atoms with Crippen molar-refractivity contribution in [1.29, 1.82) is 0 Å². The summed E-state index contributed by atoms with van der Waals surface area (Å²) in [4.78, 5) is 0. The molecule has 0 aromatic heterocycles. The first-order chi connectivity index (χ1) is 17.2. The van der Waals surface area contributed by atoms with Crippen LogP contribution in [0.4, 0.5) is 26.3 Å². The third kappa shape index (κ3) is 5.75. The number of rotatable bonds is 8. The van der Waals surface area contributed by atoms with Crippen LogP contribution in [0, 0.1) is 17.5 Å². The van der Waals surface area contributed by atoms with Crippen molar-refractivity contribution in [1.82, 2.24) is 0 Å². The predicted octanol–water partition coefficient (Wildman–Crippen LogP) is 10.1. The third-order valence-corrected chi connectivity index (χ3v) is 6.41. The maximum Gasteiger partial charge on any atom is 0.422 e. The molecule has 0 amide bonds. The molecule has 0 aliphatic carbocycles. The molecule has 0 saturated heterocycles. The van der Waals surface area contributed by atoms with Crippen LogP contribution in [0.15, 0.2) is 66.7 Å². The second-order valence-electron chi connectivity index (χ2n) is 9.07. The SMILES string of the molecule is CCCCCCCc1ccc2cc(-c3ccc(-c4cc(F)c(C(F)(F)F)c(F)c4)c(F)c3)ccc2c1. The summed E-state index contributed by atoms with van der Waals surface area (Å²) >= 11 is 0. The first-order valence-electron chi connectivity index (χ1n) is 12.1. The second kappa shape index (κ2) is 10.8. The largest absolute Gasteiger partial charge is 0.422 e. The van der Waals surface area contributed by atoms with E-state index in [0.29, 0.717) is 17.7 Å². The van der Waals surface area contributed by atoms with Crippen molar-refractivity contribution < 1.29 is 26.3 Å². The molecule has 4 aromatic carbocycles. The molecule has 0 saturated carbocycles. The molecular weight excluding hydrogens is 474 g/mol. The van der Waals surface area contributed by atoms with E-state index in [1.165, 1.54) is 43.4 Å². The number of halogens is 6. The summed E-state index contributed by atoms with van der Waals surface area (Å²) < 4.78 is 81.4. The summed E-state index contributed by atoms with van der Waals surface area (Å²) in [7, 11) is 0. The lowest BCUT2D eigenvalue weighted by molar-refractivity contribution is -0.142. The van der Waals surface area contributed by atoms with Crippen molar-refractivity contribution in [2.45, 2.75) is 51.6 Å². The Balaban J connectivity index is 1.56. The molecule has 0 aliphatic heterocycles. The molecule has 0 heterocycles. The molecule has 0 nitrogen and oxygen atoms in total. The smallest absolute Gasteiger partial charge is 0.206 e. The molecular formula is C30H26F6. The van der Waals surface area contributed by atoms with Gasteiger partial charge in [-0.1, -0.05) is 75.1 Å². The predicted molar refractivity (Wildman–Crippen MR) is 132 cm³/mol. The number of hydrogen-bond donors (Lipinski definition) is 0. The highest BCUT2D eigenvalue weighted by Gasteiger charge is 2.38. The van der Waals surface area contributed by atoms with Gasteiger partial charge < -0.3 is 0 Å². The van der Waals surface area contributed by atoms with E-state index in [1.54, 1.807) is 6.07 Å². The Bertz CT molecular complexity index is 1350. The van der Waals surface area contributed by atoms with E-state index in [0.717, 1.165) is 29.2 Å². The van der Waals surface area contributed by atoms with E-state index in [9.17, 15) is 26.3 Å². The van der Waals surface area contributed by atoms with Gasteiger partial charge in [-0.05, 0) is 70.1 Å². The van der Waals surface area contributed by atoms with Gasteiger partial charge in [0.1, 0.15) is 23.0 Å². The Kier molecular flexibility index (Phi) is 7.72. The standard InChI is InChI=1S/C30H26F6/c1-2-3-4-5-6-7-19-8-9-21-15-22(11-10-20(21)14-19)23-12-13-25(26(31)16-23)24-17-27(32)29(28(33)18-24)30(34,35)36/h8-18H,2-7H2,1H3. The summed E-state index contributed by atoms with van der Waals surface area (Å²) in [6.07, 6.45) is 1.96. The van der Waals surface area contributed by atoms with Crippen molar-refractivity contribution in [3.63, 3.8) is 0 Å². The number of alkyl halides is 3. The summed E-state index contributed by atoms with van der Waals surface area (Å²) in [6.45, 7) is 2.20.